The van der Waals surface area contributed by atoms with E-state index in [9.17, 15) is 0 Å². The summed E-state index contributed by atoms with van der Waals surface area (Å²) in [5, 5.41) is 7.12. The number of nitrogens with zero attached hydrogens (tertiary/aromatic N) is 2. The van der Waals surface area contributed by atoms with Crippen molar-refractivity contribution in [3.8, 4) is 0 Å². The van der Waals surface area contributed by atoms with Gasteiger partial charge in [0.15, 0.2) is 0 Å². The molecular weight excluding hydrogens is 304 g/mol. The summed E-state index contributed by atoms with van der Waals surface area (Å²) in [6.07, 6.45) is 2.81. The Morgan fingerprint density at radius 1 is 0.800 bits per heavy atom. The summed E-state index contributed by atoms with van der Waals surface area (Å²) < 4.78 is 0. The van der Waals surface area contributed by atoms with E-state index in [0.29, 0.717) is 0 Å². The van der Waals surface area contributed by atoms with Crippen molar-refractivity contribution in [3.63, 3.8) is 0 Å². The molecule has 0 saturated carbocycles. The van der Waals surface area contributed by atoms with Crippen LogP contribution in [-0.2, 0) is 5.54 Å². The van der Waals surface area contributed by atoms with Gasteiger partial charge in [0, 0.05) is 6.42 Å². The number of hydrogen-bond donors (Lipinski definition) is 0. The number of anilines is 1. The van der Waals surface area contributed by atoms with Crippen LogP contribution in [-0.4, -0.2) is 5.71 Å². The zero-order valence-corrected chi connectivity index (χ0v) is 14.0. The van der Waals surface area contributed by atoms with Crippen LogP contribution in [0.3, 0.4) is 0 Å². The largest absolute Gasteiger partial charge is 0.250 e. The van der Waals surface area contributed by atoms with Crippen molar-refractivity contribution in [2.75, 3.05) is 5.01 Å². The molecule has 0 fully saturated rings. The first-order valence-electron chi connectivity index (χ1n) is 8.51. The van der Waals surface area contributed by atoms with Crippen molar-refractivity contribution in [1.82, 2.24) is 0 Å². The standard InChI is InChI=1S/C23H20N2/c1-2-23(20-14-8-4-9-15-20)18-22(19-12-6-3-7-13-19)24-25(23)21-16-10-5-11-17-21/h2-17H,1,18H2. The van der Waals surface area contributed by atoms with Crippen molar-refractivity contribution >= 4 is 11.4 Å². The fourth-order valence-electron chi connectivity index (χ4n) is 3.45. The van der Waals surface area contributed by atoms with E-state index in [1.54, 1.807) is 0 Å². The molecule has 1 atom stereocenters. The average Bonchev–Trinajstić information content (AvgIpc) is 3.11. The maximum Gasteiger partial charge on any atom is 0.112 e. The monoisotopic (exact) mass is 324 g/mol. The molecule has 0 spiro atoms. The van der Waals surface area contributed by atoms with Crippen molar-refractivity contribution in [3.05, 3.63) is 115 Å². The van der Waals surface area contributed by atoms with Gasteiger partial charge in [-0.3, -0.25) is 5.01 Å². The fraction of sp³-hybridized carbons (Fsp3) is 0.0870. The summed E-state index contributed by atoms with van der Waals surface area (Å²) in [6, 6.07) is 31.2. The SMILES string of the molecule is C=CC1(c2ccccc2)CC(c2ccccc2)=NN1c1ccccc1. The van der Waals surface area contributed by atoms with Gasteiger partial charge in [0.25, 0.3) is 0 Å². The van der Waals surface area contributed by atoms with Crippen LogP contribution in [0, 0.1) is 0 Å². The molecule has 1 heterocycles. The molecule has 0 aliphatic carbocycles. The van der Waals surface area contributed by atoms with Gasteiger partial charge in [0.1, 0.15) is 5.54 Å². The van der Waals surface area contributed by atoms with Crippen LogP contribution in [0.15, 0.2) is 109 Å². The van der Waals surface area contributed by atoms with E-state index in [4.69, 9.17) is 5.10 Å². The lowest BCUT2D eigenvalue weighted by molar-refractivity contribution is 0.557. The molecule has 1 unspecified atom stereocenters. The molecule has 0 N–H and O–H groups in total. The quantitative estimate of drug-likeness (QED) is 0.588. The molecule has 1 aliphatic rings. The van der Waals surface area contributed by atoms with Gasteiger partial charge in [-0.1, -0.05) is 84.9 Å². The Labute approximate surface area is 148 Å². The minimum absolute atomic E-state index is 0.381. The zero-order valence-electron chi connectivity index (χ0n) is 14.0. The lowest BCUT2D eigenvalue weighted by Crippen LogP contribution is -2.38. The van der Waals surface area contributed by atoms with Crippen LogP contribution >= 0.6 is 0 Å². The molecule has 0 aromatic heterocycles. The molecule has 0 bridgehead atoms. The van der Waals surface area contributed by atoms with Crippen LogP contribution in [0.5, 0.6) is 0 Å². The van der Waals surface area contributed by atoms with Gasteiger partial charge in [-0.15, -0.1) is 6.58 Å². The molecular formula is C23H20N2. The third-order valence-electron chi connectivity index (χ3n) is 4.75. The summed E-state index contributed by atoms with van der Waals surface area (Å²) in [4.78, 5) is 0. The first-order chi connectivity index (χ1) is 12.3. The van der Waals surface area contributed by atoms with Crippen molar-refractivity contribution < 1.29 is 0 Å². The Balaban J connectivity index is 1.87. The second-order valence-electron chi connectivity index (χ2n) is 6.23. The fourth-order valence-corrected chi connectivity index (χ4v) is 3.45. The zero-order chi connectivity index (χ0) is 17.1. The Hall–Kier alpha value is -3.13. The summed E-state index contributed by atoms with van der Waals surface area (Å²) in [7, 11) is 0. The topological polar surface area (TPSA) is 15.6 Å². The first kappa shape index (κ1) is 15.4. The second-order valence-corrected chi connectivity index (χ2v) is 6.23. The van der Waals surface area contributed by atoms with Crippen molar-refractivity contribution in [2.24, 2.45) is 5.10 Å². The summed E-state index contributed by atoms with van der Waals surface area (Å²) in [5.41, 5.74) is 4.12. The van der Waals surface area contributed by atoms with Gasteiger partial charge >= 0.3 is 0 Å². The van der Waals surface area contributed by atoms with Crippen LogP contribution in [0.4, 0.5) is 5.69 Å². The molecule has 4 rings (SSSR count). The van der Waals surface area contributed by atoms with Crippen LogP contribution in [0.2, 0.25) is 0 Å². The van der Waals surface area contributed by atoms with Gasteiger partial charge in [0.05, 0.1) is 11.4 Å². The predicted octanol–water partition coefficient (Wildman–Crippen LogP) is 5.38. The van der Waals surface area contributed by atoms with E-state index in [1.165, 1.54) is 5.56 Å². The number of para-hydroxylation sites is 1. The van der Waals surface area contributed by atoms with E-state index in [2.05, 4.69) is 72.3 Å². The lowest BCUT2D eigenvalue weighted by atomic mass is 9.84. The van der Waals surface area contributed by atoms with E-state index in [1.807, 2.05) is 36.4 Å². The molecule has 2 nitrogen and oxygen atoms in total. The lowest BCUT2D eigenvalue weighted by Gasteiger charge is -2.35. The number of hydrogen-bond acceptors (Lipinski definition) is 2. The Morgan fingerprint density at radius 3 is 1.96 bits per heavy atom. The Kier molecular flexibility index (Phi) is 3.95. The molecule has 122 valence electrons. The van der Waals surface area contributed by atoms with Gasteiger partial charge in [-0.25, -0.2) is 0 Å². The second kappa shape index (κ2) is 6.40. The Morgan fingerprint density at radius 2 is 1.36 bits per heavy atom. The van der Waals surface area contributed by atoms with E-state index in [-0.39, 0.29) is 5.54 Å². The van der Waals surface area contributed by atoms with E-state index >= 15 is 0 Å². The first-order valence-corrected chi connectivity index (χ1v) is 8.51. The highest BCUT2D eigenvalue weighted by atomic mass is 15.5. The molecule has 3 aromatic rings. The van der Waals surface area contributed by atoms with E-state index in [0.717, 1.165) is 23.4 Å². The van der Waals surface area contributed by atoms with E-state index < -0.39 is 0 Å². The maximum absolute atomic E-state index is 5.01. The number of rotatable bonds is 4. The highest BCUT2D eigenvalue weighted by Gasteiger charge is 2.42. The molecule has 3 aromatic carbocycles. The highest BCUT2D eigenvalue weighted by molar-refractivity contribution is 6.04. The minimum Gasteiger partial charge on any atom is -0.250 e. The average molecular weight is 324 g/mol. The van der Waals surface area contributed by atoms with Crippen LogP contribution < -0.4 is 5.01 Å². The number of benzene rings is 3. The van der Waals surface area contributed by atoms with Gasteiger partial charge in [0.2, 0.25) is 0 Å². The highest BCUT2D eigenvalue weighted by Crippen LogP contribution is 2.42. The molecule has 2 heteroatoms. The predicted molar refractivity (Wildman–Crippen MR) is 105 cm³/mol. The summed E-state index contributed by atoms with van der Waals surface area (Å²) >= 11 is 0. The number of hydrazone groups is 1. The van der Waals surface area contributed by atoms with Crippen LogP contribution in [0.1, 0.15) is 17.5 Å². The van der Waals surface area contributed by atoms with Crippen molar-refractivity contribution in [2.45, 2.75) is 12.0 Å². The Bertz CT molecular complexity index is 885. The van der Waals surface area contributed by atoms with Crippen molar-refractivity contribution in [1.29, 1.82) is 0 Å². The molecule has 25 heavy (non-hydrogen) atoms. The summed E-state index contributed by atoms with van der Waals surface area (Å²) in [5.74, 6) is 0. The third-order valence-corrected chi connectivity index (χ3v) is 4.75. The molecule has 0 amide bonds. The minimum atomic E-state index is -0.381. The molecule has 1 aliphatic heterocycles. The summed E-state index contributed by atoms with van der Waals surface area (Å²) in [6.45, 7) is 4.18. The van der Waals surface area contributed by atoms with Gasteiger partial charge in [-0.05, 0) is 23.3 Å². The van der Waals surface area contributed by atoms with Gasteiger partial charge in [-0.2, -0.15) is 5.10 Å². The van der Waals surface area contributed by atoms with Gasteiger partial charge < -0.3 is 0 Å². The molecule has 0 radical (unpaired) electrons. The molecule has 0 saturated heterocycles. The maximum atomic E-state index is 5.01. The van der Waals surface area contributed by atoms with Crippen LogP contribution in [0.25, 0.3) is 0 Å². The smallest absolute Gasteiger partial charge is 0.112 e. The third kappa shape index (κ3) is 2.66. The normalized spacial score (nSPS) is 19.5.